The number of nitrogens with zero attached hydrogens (tertiary/aromatic N) is 3. The first kappa shape index (κ1) is 18.8. The van der Waals surface area contributed by atoms with E-state index in [0.717, 1.165) is 29.0 Å². The van der Waals surface area contributed by atoms with Crippen molar-refractivity contribution < 1.29 is 14.3 Å². The SMILES string of the molecule is COCCCn1c(C(C)NC(=O)OCc2ccccc2)nc2cccnc21. The first-order valence-electron chi connectivity index (χ1n) is 8.96. The number of hydrogen-bond donors (Lipinski definition) is 1. The van der Waals surface area contributed by atoms with Crippen molar-refractivity contribution in [2.45, 2.75) is 32.5 Å². The average molecular weight is 368 g/mol. The molecule has 0 aliphatic heterocycles. The van der Waals surface area contributed by atoms with Crippen LogP contribution in [-0.4, -0.2) is 34.3 Å². The summed E-state index contributed by atoms with van der Waals surface area (Å²) in [6.45, 7) is 3.47. The summed E-state index contributed by atoms with van der Waals surface area (Å²) in [5, 5.41) is 2.85. The number of aryl methyl sites for hydroxylation is 1. The number of ether oxygens (including phenoxy) is 2. The number of carbonyl (C=O) groups is 1. The van der Waals surface area contributed by atoms with Gasteiger partial charge in [0.2, 0.25) is 0 Å². The molecular formula is C20H24N4O3. The maximum atomic E-state index is 12.2. The smallest absolute Gasteiger partial charge is 0.408 e. The fraction of sp³-hybridized carbons (Fsp3) is 0.350. The molecule has 1 N–H and O–H groups in total. The van der Waals surface area contributed by atoms with Gasteiger partial charge in [-0.3, -0.25) is 0 Å². The number of hydrogen-bond acceptors (Lipinski definition) is 5. The molecule has 27 heavy (non-hydrogen) atoms. The molecule has 2 aromatic heterocycles. The van der Waals surface area contributed by atoms with Crippen molar-refractivity contribution in [2.24, 2.45) is 0 Å². The van der Waals surface area contributed by atoms with Gasteiger partial charge in [0.25, 0.3) is 0 Å². The minimum Gasteiger partial charge on any atom is -0.445 e. The Balaban J connectivity index is 1.69. The molecule has 1 atom stereocenters. The van der Waals surface area contributed by atoms with Crippen LogP contribution in [0, 0.1) is 0 Å². The standard InChI is InChI=1S/C20H24N4O3/c1-15(22-20(25)27-14-16-8-4-3-5-9-16)18-23-17-10-6-11-21-19(17)24(18)12-7-13-26-2/h3-6,8-11,15H,7,12-14H2,1-2H3,(H,22,25). The summed E-state index contributed by atoms with van der Waals surface area (Å²) in [5.41, 5.74) is 2.54. The van der Waals surface area contributed by atoms with E-state index in [1.54, 1.807) is 13.3 Å². The number of methoxy groups -OCH3 is 1. The van der Waals surface area contributed by atoms with Crippen molar-refractivity contribution in [3.63, 3.8) is 0 Å². The number of amides is 1. The molecule has 7 nitrogen and oxygen atoms in total. The van der Waals surface area contributed by atoms with Crippen molar-refractivity contribution in [3.8, 4) is 0 Å². The van der Waals surface area contributed by atoms with Crippen LogP contribution in [0.15, 0.2) is 48.7 Å². The molecule has 0 saturated carbocycles. The van der Waals surface area contributed by atoms with Crippen molar-refractivity contribution >= 4 is 17.3 Å². The summed E-state index contributed by atoms with van der Waals surface area (Å²) in [6.07, 6.45) is 2.10. The van der Waals surface area contributed by atoms with Crippen LogP contribution >= 0.6 is 0 Å². The second-order valence-electron chi connectivity index (χ2n) is 6.24. The predicted molar refractivity (Wildman–Crippen MR) is 102 cm³/mol. The molecule has 1 amide bonds. The van der Waals surface area contributed by atoms with E-state index in [-0.39, 0.29) is 12.6 Å². The number of aromatic nitrogens is 3. The molecule has 0 radical (unpaired) electrons. The number of imidazole rings is 1. The average Bonchev–Trinajstić information content (AvgIpc) is 3.06. The number of pyridine rings is 1. The fourth-order valence-electron chi connectivity index (χ4n) is 2.90. The lowest BCUT2D eigenvalue weighted by molar-refractivity contribution is 0.135. The normalized spacial score (nSPS) is 12.1. The Kier molecular flexibility index (Phi) is 6.38. The van der Waals surface area contributed by atoms with Crippen LogP contribution in [0.1, 0.15) is 30.8 Å². The zero-order chi connectivity index (χ0) is 19.1. The third-order valence-electron chi connectivity index (χ3n) is 4.20. The molecular weight excluding hydrogens is 344 g/mol. The third-order valence-corrected chi connectivity index (χ3v) is 4.20. The lowest BCUT2D eigenvalue weighted by atomic mass is 10.2. The lowest BCUT2D eigenvalue weighted by Crippen LogP contribution is -2.29. The van der Waals surface area contributed by atoms with Gasteiger partial charge in [0.05, 0.1) is 6.04 Å². The maximum absolute atomic E-state index is 12.2. The minimum atomic E-state index is -0.477. The van der Waals surface area contributed by atoms with E-state index in [0.29, 0.717) is 13.2 Å². The van der Waals surface area contributed by atoms with Gasteiger partial charge in [-0.25, -0.2) is 14.8 Å². The number of fused-ring (bicyclic) bond motifs is 1. The van der Waals surface area contributed by atoms with Crippen molar-refractivity contribution in [1.29, 1.82) is 0 Å². The van der Waals surface area contributed by atoms with Crippen LogP contribution in [0.25, 0.3) is 11.2 Å². The first-order valence-corrected chi connectivity index (χ1v) is 8.96. The molecule has 2 heterocycles. The molecule has 1 unspecified atom stereocenters. The molecule has 142 valence electrons. The summed E-state index contributed by atoms with van der Waals surface area (Å²) < 4.78 is 12.5. The molecule has 1 aromatic carbocycles. The zero-order valence-corrected chi connectivity index (χ0v) is 15.6. The van der Waals surface area contributed by atoms with Gasteiger partial charge in [0, 0.05) is 26.5 Å². The predicted octanol–water partition coefficient (Wildman–Crippen LogP) is 3.46. The molecule has 7 heteroatoms. The van der Waals surface area contributed by atoms with E-state index >= 15 is 0 Å². The highest BCUT2D eigenvalue weighted by Crippen LogP contribution is 2.20. The molecule has 0 fully saturated rings. The minimum absolute atomic E-state index is 0.227. The number of benzene rings is 1. The van der Waals surface area contributed by atoms with Crippen molar-refractivity contribution in [1.82, 2.24) is 19.9 Å². The lowest BCUT2D eigenvalue weighted by Gasteiger charge is -2.16. The van der Waals surface area contributed by atoms with Crippen LogP contribution in [0.4, 0.5) is 4.79 Å². The van der Waals surface area contributed by atoms with Crippen molar-refractivity contribution in [3.05, 3.63) is 60.0 Å². The number of rotatable bonds is 8. The fourth-order valence-corrected chi connectivity index (χ4v) is 2.90. The van der Waals surface area contributed by atoms with Gasteiger partial charge in [-0.05, 0) is 31.0 Å². The summed E-state index contributed by atoms with van der Waals surface area (Å²) in [5.74, 6) is 0.747. The Morgan fingerprint density at radius 1 is 1.22 bits per heavy atom. The molecule has 3 aromatic rings. The van der Waals surface area contributed by atoms with Crippen LogP contribution < -0.4 is 5.32 Å². The van der Waals surface area contributed by atoms with Gasteiger partial charge in [0.1, 0.15) is 17.9 Å². The van der Waals surface area contributed by atoms with Crippen LogP contribution in [0.2, 0.25) is 0 Å². The molecule has 0 bridgehead atoms. The second-order valence-corrected chi connectivity index (χ2v) is 6.24. The van der Waals surface area contributed by atoms with Gasteiger partial charge in [-0.15, -0.1) is 0 Å². The molecule has 0 saturated heterocycles. The monoisotopic (exact) mass is 368 g/mol. The largest absolute Gasteiger partial charge is 0.445 e. The summed E-state index contributed by atoms with van der Waals surface area (Å²) >= 11 is 0. The van der Waals surface area contributed by atoms with Gasteiger partial charge in [0.15, 0.2) is 5.65 Å². The summed E-state index contributed by atoms with van der Waals surface area (Å²) in [7, 11) is 1.68. The number of nitrogens with one attached hydrogen (secondary N) is 1. The summed E-state index contributed by atoms with van der Waals surface area (Å²) in [4.78, 5) is 21.3. The van der Waals surface area contributed by atoms with Crippen LogP contribution in [0.3, 0.4) is 0 Å². The van der Waals surface area contributed by atoms with E-state index in [4.69, 9.17) is 9.47 Å². The Hall–Kier alpha value is -2.93. The number of alkyl carbamates (subject to hydrolysis) is 1. The third kappa shape index (κ3) is 4.83. The first-order chi connectivity index (χ1) is 13.2. The van der Waals surface area contributed by atoms with Crippen LogP contribution in [-0.2, 0) is 22.6 Å². The Morgan fingerprint density at radius 3 is 2.81 bits per heavy atom. The van der Waals surface area contributed by atoms with Crippen LogP contribution in [0.5, 0.6) is 0 Å². The highest BCUT2D eigenvalue weighted by atomic mass is 16.5. The molecule has 0 aliphatic rings. The van der Waals surface area contributed by atoms with E-state index in [2.05, 4.69) is 15.3 Å². The maximum Gasteiger partial charge on any atom is 0.408 e. The topological polar surface area (TPSA) is 78.3 Å². The van der Waals surface area contributed by atoms with E-state index in [1.165, 1.54) is 0 Å². The van der Waals surface area contributed by atoms with Gasteiger partial charge >= 0.3 is 6.09 Å². The molecule has 0 aliphatic carbocycles. The molecule has 0 spiro atoms. The highest BCUT2D eigenvalue weighted by Gasteiger charge is 2.19. The van der Waals surface area contributed by atoms with Gasteiger partial charge in [-0.2, -0.15) is 0 Å². The second kappa shape index (κ2) is 9.14. The quantitative estimate of drug-likeness (QED) is 0.616. The van der Waals surface area contributed by atoms with E-state index < -0.39 is 6.09 Å². The Labute approximate surface area is 158 Å². The van der Waals surface area contributed by atoms with E-state index in [1.807, 2.05) is 54.0 Å². The van der Waals surface area contributed by atoms with Crippen molar-refractivity contribution in [2.75, 3.05) is 13.7 Å². The van der Waals surface area contributed by atoms with Gasteiger partial charge in [-0.1, -0.05) is 30.3 Å². The zero-order valence-electron chi connectivity index (χ0n) is 15.6. The highest BCUT2D eigenvalue weighted by molar-refractivity contribution is 5.72. The van der Waals surface area contributed by atoms with E-state index in [9.17, 15) is 4.79 Å². The Morgan fingerprint density at radius 2 is 2.04 bits per heavy atom. The Bertz CT molecular complexity index is 879. The number of carbonyl (C=O) groups excluding carboxylic acids is 1. The van der Waals surface area contributed by atoms with Gasteiger partial charge < -0.3 is 19.4 Å². The molecule has 3 rings (SSSR count). The summed E-state index contributed by atoms with van der Waals surface area (Å²) in [6, 6.07) is 13.0.